The quantitative estimate of drug-likeness (QED) is 0.653. The summed E-state index contributed by atoms with van der Waals surface area (Å²) < 4.78 is 0. The van der Waals surface area contributed by atoms with E-state index in [1.165, 1.54) is 11.3 Å². The zero-order valence-electron chi connectivity index (χ0n) is 13.0. The van der Waals surface area contributed by atoms with Gasteiger partial charge in [-0.2, -0.15) is 0 Å². The molecule has 0 saturated heterocycles. The molecule has 118 valence electrons. The van der Waals surface area contributed by atoms with Crippen LogP contribution in [-0.2, 0) is 4.79 Å². The molecule has 7 nitrogen and oxygen atoms in total. The van der Waals surface area contributed by atoms with Crippen LogP contribution in [0.2, 0.25) is 0 Å². The Morgan fingerprint density at radius 1 is 1.24 bits per heavy atom. The largest absolute Gasteiger partial charge is 0.382 e. The molecule has 0 fully saturated rings. The second-order valence-electron chi connectivity index (χ2n) is 6.59. The summed E-state index contributed by atoms with van der Waals surface area (Å²) in [7, 11) is 0. The number of thiazole rings is 1. The van der Waals surface area contributed by atoms with Crippen LogP contribution in [0.1, 0.15) is 50.7 Å². The maximum absolute atomic E-state index is 12.2. The molecule has 1 aromatic heterocycles. The van der Waals surface area contributed by atoms with E-state index in [0.29, 0.717) is 10.0 Å². The van der Waals surface area contributed by atoms with Crippen molar-refractivity contribution >= 4 is 34.1 Å². The Morgan fingerprint density at radius 2 is 1.81 bits per heavy atom. The normalized spacial score (nSPS) is 12.0. The molecular formula is C13H23N5O2S. The molecule has 1 aromatic rings. The molecule has 2 amide bonds. The van der Waals surface area contributed by atoms with Crippen molar-refractivity contribution < 1.29 is 9.59 Å². The summed E-state index contributed by atoms with van der Waals surface area (Å²) in [5.41, 5.74) is 10.0. The summed E-state index contributed by atoms with van der Waals surface area (Å²) in [6.45, 7) is 9.41. The Balaban J connectivity index is 2.86. The van der Waals surface area contributed by atoms with E-state index in [9.17, 15) is 9.59 Å². The van der Waals surface area contributed by atoms with Gasteiger partial charge in [0.15, 0.2) is 5.13 Å². The van der Waals surface area contributed by atoms with Crippen molar-refractivity contribution in [2.24, 2.45) is 5.73 Å². The number of nitrogens with one attached hydrogen (secondary N) is 2. The fourth-order valence-electron chi connectivity index (χ4n) is 1.71. The molecule has 0 bridgehead atoms. The van der Waals surface area contributed by atoms with Crippen molar-refractivity contribution in [3.8, 4) is 0 Å². The predicted molar refractivity (Wildman–Crippen MR) is 85.3 cm³/mol. The van der Waals surface area contributed by atoms with Gasteiger partial charge in [0.1, 0.15) is 10.7 Å². The maximum Gasteiger partial charge on any atom is 0.265 e. The van der Waals surface area contributed by atoms with Crippen molar-refractivity contribution in [3.63, 3.8) is 0 Å². The van der Waals surface area contributed by atoms with Crippen LogP contribution >= 0.6 is 11.3 Å². The van der Waals surface area contributed by atoms with Crippen molar-refractivity contribution in [1.82, 2.24) is 10.3 Å². The first-order chi connectivity index (χ1) is 9.39. The maximum atomic E-state index is 12.2. The molecule has 0 aromatic carbocycles. The summed E-state index contributed by atoms with van der Waals surface area (Å²) >= 11 is 1.18. The molecule has 6 N–H and O–H groups in total. The van der Waals surface area contributed by atoms with E-state index in [4.69, 9.17) is 11.5 Å². The van der Waals surface area contributed by atoms with Crippen molar-refractivity contribution in [2.75, 3.05) is 11.1 Å². The van der Waals surface area contributed by atoms with Gasteiger partial charge in [0.25, 0.3) is 5.91 Å². The van der Waals surface area contributed by atoms with Crippen LogP contribution in [-0.4, -0.2) is 27.9 Å². The first-order valence-electron chi connectivity index (χ1n) is 6.55. The fraction of sp³-hybridized carbons (Fsp3) is 0.615. The molecule has 0 unspecified atom stereocenters. The summed E-state index contributed by atoms with van der Waals surface area (Å²) in [4.78, 5) is 27.7. The van der Waals surface area contributed by atoms with Gasteiger partial charge in [-0.25, -0.2) is 4.98 Å². The Labute approximate surface area is 128 Å². The molecule has 0 aliphatic heterocycles. The molecular weight excluding hydrogens is 290 g/mol. The van der Waals surface area contributed by atoms with E-state index < -0.39 is 11.4 Å². The monoisotopic (exact) mass is 313 g/mol. The molecule has 0 spiro atoms. The lowest BCUT2D eigenvalue weighted by Gasteiger charge is -2.24. The number of amides is 2. The van der Waals surface area contributed by atoms with Gasteiger partial charge in [-0.05, 0) is 34.6 Å². The lowest BCUT2D eigenvalue weighted by Crippen LogP contribution is -2.45. The predicted octanol–water partition coefficient (Wildman–Crippen LogP) is 1.32. The number of nitrogens with two attached hydrogens (primary N) is 2. The highest BCUT2D eigenvalue weighted by Gasteiger charge is 2.26. The van der Waals surface area contributed by atoms with Crippen LogP contribution in [0.15, 0.2) is 0 Å². The van der Waals surface area contributed by atoms with Gasteiger partial charge in [0.2, 0.25) is 5.91 Å². The Kier molecular flexibility index (Phi) is 4.83. The number of rotatable bonds is 5. The first-order valence-corrected chi connectivity index (χ1v) is 7.36. The average molecular weight is 313 g/mol. The molecule has 0 aliphatic rings. The molecule has 1 heterocycles. The van der Waals surface area contributed by atoms with Crippen LogP contribution in [0, 0.1) is 0 Å². The molecule has 8 heteroatoms. The van der Waals surface area contributed by atoms with Gasteiger partial charge in [-0.15, -0.1) is 0 Å². The topological polar surface area (TPSA) is 123 Å². The average Bonchev–Trinajstić information content (AvgIpc) is 2.53. The minimum atomic E-state index is -0.739. The number of hydrogen-bond donors (Lipinski definition) is 4. The highest BCUT2D eigenvalue weighted by atomic mass is 32.1. The number of primary amides is 1. The second-order valence-corrected chi connectivity index (χ2v) is 7.59. The van der Waals surface area contributed by atoms with Crippen molar-refractivity contribution in [3.05, 3.63) is 4.88 Å². The zero-order chi connectivity index (χ0) is 16.4. The van der Waals surface area contributed by atoms with Crippen LogP contribution in [0.25, 0.3) is 0 Å². The Bertz CT molecular complexity index is 545. The fourth-order valence-corrected chi connectivity index (χ4v) is 2.70. The third-order valence-electron chi connectivity index (χ3n) is 2.41. The van der Waals surface area contributed by atoms with Crippen molar-refractivity contribution in [1.29, 1.82) is 0 Å². The van der Waals surface area contributed by atoms with Gasteiger partial charge in [-0.1, -0.05) is 11.3 Å². The Hall–Kier alpha value is -1.83. The summed E-state index contributed by atoms with van der Waals surface area (Å²) in [6.07, 6.45) is 0.0462. The highest BCUT2D eigenvalue weighted by molar-refractivity contribution is 7.18. The third kappa shape index (κ3) is 5.58. The smallest absolute Gasteiger partial charge is 0.265 e. The number of carbonyl (C=O) groups is 2. The van der Waals surface area contributed by atoms with Crippen LogP contribution in [0.5, 0.6) is 0 Å². The summed E-state index contributed by atoms with van der Waals surface area (Å²) in [5.74, 6) is -0.676. The number of nitrogen functional groups attached to an aromatic ring is 1. The van der Waals surface area contributed by atoms with Gasteiger partial charge in [0, 0.05) is 17.5 Å². The molecule has 0 saturated carbocycles. The molecule has 0 aliphatic carbocycles. The van der Waals surface area contributed by atoms with Crippen molar-refractivity contribution in [2.45, 2.75) is 52.1 Å². The third-order valence-corrected chi connectivity index (χ3v) is 3.39. The molecule has 1 rings (SSSR count). The number of anilines is 2. The van der Waals surface area contributed by atoms with Gasteiger partial charge >= 0.3 is 0 Å². The summed E-state index contributed by atoms with van der Waals surface area (Å²) in [6, 6.07) is 0. The number of carbonyl (C=O) groups excluding carboxylic acids is 2. The number of aromatic nitrogens is 1. The summed E-state index contributed by atoms with van der Waals surface area (Å²) in [5, 5.41) is 6.49. The van der Waals surface area contributed by atoms with Crippen LogP contribution < -0.4 is 22.1 Å². The second kappa shape index (κ2) is 5.88. The minimum Gasteiger partial charge on any atom is -0.382 e. The van der Waals surface area contributed by atoms with Gasteiger partial charge in [-0.3, -0.25) is 9.59 Å². The van der Waals surface area contributed by atoms with E-state index in [-0.39, 0.29) is 23.7 Å². The SMILES string of the molecule is CC(C)(C)Nc1nc(N)c(C(=O)NC(C)(C)CC(N)=O)s1. The number of hydrogen-bond acceptors (Lipinski definition) is 6. The standard InChI is InChI=1S/C13H23N5O2S/c1-12(2,3)18-11-16-9(15)8(21-11)10(20)17-13(4,5)6-7(14)19/h6,15H2,1-5H3,(H2,14,19)(H,16,18)(H,17,20). The first kappa shape index (κ1) is 17.2. The lowest BCUT2D eigenvalue weighted by atomic mass is 10.0. The van der Waals surface area contributed by atoms with E-state index in [1.54, 1.807) is 13.8 Å². The minimum absolute atomic E-state index is 0.0462. The Morgan fingerprint density at radius 3 is 2.29 bits per heavy atom. The van der Waals surface area contributed by atoms with E-state index in [0.717, 1.165) is 0 Å². The number of nitrogens with zero attached hydrogens (tertiary/aromatic N) is 1. The van der Waals surface area contributed by atoms with Gasteiger partial charge in [0.05, 0.1) is 0 Å². The van der Waals surface area contributed by atoms with Crippen LogP contribution in [0.4, 0.5) is 10.9 Å². The molecule has 0 radical (unpaired) electrons. The lowest BCUT2D eigenvalue weighted by molar-refractivity contribution is -0.119. The van der Waals surface area contributed by atoms with Gasteiger partial charge < -0.3 is 22.1 Å². The molecule has 0 atom stereocenters. The van der Waals surface area contributed by atoms with Crippen LogP contribution in [0.3, 0.4) is 0 Å². The molecule has 21 heavy (non-hydrogen) atoms. The zero-order valence-corrected chi connectivity index (χ0v) is 13.9. The van der Waals surface area contributed by atoms with E-state index in [1.807, 2.05) is 20.8 Å². The van der Waals surface area contributed by atoms with E-state index >= 15 is 0 Å². The highest BCUT2D eigenvalue weighted by Crippen LogP contribution is 2.27. The van der Waals surface area contributed by atoms with E-state index in [2.05, 4.69) is 15.6 Å².